The smallest absolute Gasteiger partial charge is 0.416 e. The normalized spacial score (nSPS) is 12.1. The minimum absolute atomic E-state index is 0.0848. The van der Waals surface area contributed by atoms with Gasteiger partial charge in [-0.1, -0.05) is 6.07 Å². The molecular formula is C18H22F3N3O2. The minimum Gasteiger partial charge on any atom is -0.497 e. The first-order chi connectivity index (χ1) is 12.4. The average molecular weight is 369 g/mol. The molecule has 142 valence electrons. The number of guanidine groups is 1. The molecule has 0 unspecified atom stereocenters. The van der Waals surface area contributed by atoms with Gasteiger partial charge in [0.25, 0.3) is 0 Å². The third-order valence-corrected chi connectivity index (χ3v) is 3.62. The van der Waals surface area contributed by atoms with Gasteiger partial charge < -0.3 is 19.8 Å². The quantitative estimate of drug-likeness (QED) is 0.578. The summed E-state index contributed by atoms with van der Waals surface area (Å²) in [6, 6.07) is 7.53. The van der Waals surface area contributed by atoms with Crippen LogP contribution in [0.5, 0.6) is 5.75 Å². The zero-order valence-electron chi connectivity index (χ0n) is 14.7. The highest BCUT2D eigenvalue weighted by atomic mass is 19.4. The zero-order chi connectivity index (χ0) is 19.0. The van der Waals surface area contributed by atoms with Crippen LogP contribution in [0, 0.1) is 0 Å². The third-order valence-electron chi connectivity index (χ3n) is 3.62. The van der Waals surface area contributed by atoms with E-state index < -0.39 is 11.7 Å². The number of nitrogens with one attached hydrogen (secondary N) is 2. The van der Waals surface area contributed by atoms with Crippen LogP contribution in [0.2, 0.25) is 0 Å². The summed E-state index contributed by atoms with van der Waals surface area (Å²) in [4.78, 5) is 4.26. The molecule has 0 aliphatic heterocycles. The summed E-state index contributed by atoms with van der Waals surface area (Å²) in [5.74, 6) is 1.43. The molecule has 1 heterocycles. The average Bonchev–Trinajstić information content (AvgIpc) is 3.12. The largest absolute Gasteiger partial charge is 0.497 e. The molecule has 0 amide bonds. The van der Waals surface area contributed by atoms with Gasteiger partial charge in [0.2, 0.25) is 0 Å². The summed E-state index contributed by atoms with van der Waals surface area (Å²) in [6.07, 6.45) is -2.23. The molecule has 2 rings (SSSR count). The van der Waals surface area contributed by atoms with Crippen molar-refractivity contribution in [2.24, 2.45) is 4.99 Å². The number of alkyl halides is 3. The monoisotopic (exact) mass is 369 g/mol. The van der Waals surface area contributed by atoms with Gasteiger partial charge in [0.05, 0.1) is 25.5 Å². The first-order valence-electron chi connectivity index (χ1n) is 8.22. The summed E-state index contributed by atoms with van der Waals surface area (Å²) in [6.45, 7) is 2.93. The van der Waals surface area contributed by atoms with Crippen molar-refractivity contribution in [1.29, 1.82) is 0 Å². The molecule has 2 N–H and O–H groups in total. The summed E-state index contributed by atoms with van der Waals surface area (Å²) in [5.41, 5.74) is -0.659. The lowest BCUT2D eigenvalue weighted by molar-refractivity contribution is -0.138. The van der Waals surface area contributed by atoms with Crippen LogP contribution < -0.4 is 15.4 Å². The fourth-order valence-electron chi connectivity index (χ4n) is 2.35. The van der Waals surface area contributed by atoms with Crippen LogP contribution in [0.15, 0.2) is 46.0 Å². The predicted octanol–water partition coefficient (Wildman–Crippen LogP) is 3.60. The molecule has 0 spiro atoms. The van der Waals surface area contributed by atoms with Gasteiger partial charge in [-0.15, -0.1) is 0 Å². The summed E-state index contributed by atoms with van der Waals surface area (Å²) in [7, 11) is 1.33. The van der Waals surface area contributed by atoms with Gasteiger partial charge in [-0.3, -0.25) is 0 Å². The zero-order valence-corrected chi connectivity index (χ0v) is 14.7. The second-order valence-electron chi connectivity index (χ2n) is 5.47. The molecule has 0 fully saturated rings. The van der Waals surface area contributed by atoms with Crippen LogP contribution >= 0.6 is 0 Å². The molecule has 1 aromatic heterocycles. The lowest BCUT2D eigenvalue weighted by atomic mass is 10.1. The van der Waals surface area contributed by atoms with E-state index in [1.54, 1.807) is 12.3 Å². The van der Waals surface area contributed by atoms with Crippen molar-refractivity contribution < 1.29 is 22.3 Å². The number of methoxy groups -OCH3 is 1. The molecule has 0 atom stereocenters. The fourth-order valence-corrected chi connectivity index (χ4v) is 2.35. The van der Waals surface area contributed by atoms with Gasteiger partial charge in [0, 0.05) is 19.5 Å². The Labute approximate surface area is 150 Å². The number of rotatable bonds is 7. The van der Waals surface area contributed by atoms with E-state index in [0.717, 1.165) is 11.8 Å². The fraction of sp³-hybridized carbons (Fsp3) is 0.389. The van der Waals surface area contributed by atoms with Crippen LogP contribution in [0.25, 0.3) is 0 Å². The highest BCUT2D eigenvalue weighted by molar-refractivity contribution is 5.79. The second kappa shape index (κ2) is 9.17. The van der Waals surface area contributed by atoms with Crippen molar-refractivity contribution in [1.82, 2.24) is 10.6 Å². The summed E-state index contributed by atoms with van der Waals surface area (Å²) >= 11 is 0. The Morgan fingerprint density at radius 3 is 2.65 bits per heavy atom. The standard InChI is InChI=1S/C18H22F3N3O2/c1-3-22-17(23-9-8-14-5-4-10-26-14)24-12-13-6-7-15(25-2)11-16(13)18(19,20)21/h4-7,10-11H,3,8-9,12H2,1-2H3,(H2,22,23,24). The van der Waals surface area contributed by atoms with Crippen molar-refractivity contribution in [3.05, 3.63) is 53.5 Å². The number of nitrogens with zero attached hydrogens (tertiary/aromatic N) is 1. The number of aliphatic imine (C=N–C) groups is 1. The third kappa shape index (κ3) is 5.72. The molecule has 0 saturated heterocycles. The van der Waals surface area contributed by atoms with Crippen LogP contribution in [-0.2, 0) is 19.1 Å². The highest BCUT2D eigenvalue weighted by Crippen LogP contribution is 2.34. The van der Waals surface area contributed by atoms with Gasteiger partial charge in [-0.05, 0) is 36.8 Å². The molecule has 0 aliphatic rings. The van der Waals surface area contributed by atoms with Gasteiger partial charge >= 0.3 is 6.18 Å². The van der Waals surface area contributed by atoms with Crippen LogP contribution in [0.1, 0.15) is 23.8 Å². The van der Waals surface area contributed by atoms with E-state index in [0.29, 0.717) is 25.5 Å². The second-order valence-corrected chi connectivity index (χ2v) is 5.47. The van der Waals surface area contributed by atoms with Crippen molar-refractivity contribution in [2.75, 3.05) is 20.2 Å². The Balaban J connectivity index is 2.08. The molecule has 26 heavy (non-hydrogen) atoms. The van der Waals surface area contributed by atoms with Crippen molar-refractivity contribution in [2.45, 2.75) is 26.1 Å². The number of hydrogen-bond acceptors (Lipinski definition) is 3. The predicted molar refractivity (Wildman–Crippen MR) is 93.2 cm³/mol. The number of halogens is 3. The Bertz CT molecular complexity index is 713. The number of hydrogen-bond donors (Lipinski definition) is 2. The Hall–Kier alpha value is -2.64. The first kappa shape index (κ1) is 19.7. The molecule has 1 aromatic carbocycles. The summed E-state index contributed by atoms with van der Waals surface area (Å²) in [5, 5.41) is 6.10. The van der Waals surface area contributed by atoms with Gasteiger partial charge in [-0.2, -0.15) is 13.2 Å². The Morgan fingerprint density at radius 2 is 2.04 bits per heavy atom. The van der Waals surface area contributed by atoms with Crippen molar-refractivity contribution >= 4 is 5.96 Å². The number of ether oxygens (including phenoxy) is 1. The lowest BCUT2D eigenvalue weighted by Gasteiger charge is -2.14. The van der Waals surface area contributed by atoms with Crippen molar-refractivity contribution in [3.63, 3.8) is 0 Å². The maximum Gasteiger partial charge on any atom is 0.416 e. The molecular weight excluding hydrogens is 347 g/mol. The van der Waals surface area contributed by atoms with E-state index in [-0.39, 0.29) is 17.9 Å². The molecule has 8 heteroatoms. The maximum atomic E-state index is 13.3. The lowest BCUT2D eigenvalue weighted by Crippen LogP contribution is -2.38. The molecule has 2 aromatic rings. The van der Waals surface area contributed by atoms with E-state index in [9.17, 15) is 13.2 Å². The highest BCUT2D eigenvalue weighted by Gasteiger charge is 2.33. The Kier molecular flexibility index (Phi) is 6.94. The van der Waals surface area contributed by atoms with E-state index in [4.69, 9.17) is 9.15 Å². The molecule has 0 radical (unpaired) electrons. The van der Waals surface area contributed by atoms with Gasteiger partial charge in [0.1, 0.15) is 11.5 Å². The minimum atomic E-state index is -4.47. The number of benzene rings is 1. The van der Waals surface area contributed by atoms with E-state index in [2.05, 4.69) is 15.6 Å². The van der Waals surface area contributed by atoms with E-state index >= 15 is 0 Å². The van der Waals surface area contributed by atoms with Gasteiger partial charge in [0.15, 0.2) is 5.96 Å². The molecule has 0 saturated carbocycles. The van der Waals surface area contributed by atoms with Crippen LogP contribution in [0.4, 0.5) is 13.2 Å². The Morgan fingerprint density at radius 1 is 1.23 bits per heavy atom. The van der Waals surface area contributed by atoms with E-state index in [1.165, 1.54) is 19.2 Å². The van der Waals surface area contributed by atoms with Crippen LogP contribution in [0.3, 0.4) is 0 Å². The van der Waals surface area contributed by atoms with Gasteiger partial charge in [-0.25, -0.2) is 4.99 Å². The summed E-state index contributed by atoms with van der Waals surface area (Å²) < 4.78 is 49.9. The number of furan rings is 1. The topological polar surface area (TPSA) is 58.8 Å². The first-order valence-corrected chi connectivity index (χ1v) is 8.22. The van der Waals surface area contributed by atoms with E-state index in [1.807, 2.05) is 13.0 Å². The SMILES string of the molecule is CCNC(=NCc1ccc(OC)cc1C(F)(F)F)NCCc1ccco1. The molecule has 0 bridgehead atoms. The molecule has 0 aliphatic carbocycles. The van der Waals surface area contributed by atoms with Crippen molar-refractivity contribution in [3.8, 4) is 5.75 Å². The maximum absolute atomic E-state index is 13.3. The molecule has 5 nitrogen and oxygen atoms in total. The van der Waals surface area contributed by atoms with Crippen LogP contribution in [-0.4, -0.2) is 26.2 Å².